The number of hydrogen-bond donors (Lipinski definition) is 2. The van der Waals surface area contributed by atoms with Crippen LogP contribution in [0.25, 0.3) is 11.0 Å². The predicted octanol–water partition coefficient (Wildman–Crippen LogP) is 4.97. The molecule has 0 aliphatic heterocycles. The van der Waals surface area contributed by atoms with E-state index in [9.17, 15) is 22.4 Å². The number of nitrogens with zero attached hydrogens (tertiary/aromatic N) is 3. The van der Waals surface area contributed by atoms with Crippen LogP contribution >= 0.6 is 0 Å². The van der Waals surface area contributed by atoms with Crippen molar-refractivity contribution in [3.63, 3.8) is 0 Å². The number of nitrogens with one attached hydrogen (secondary N) is 2. The molecule has 2 N–H and O–H groups in total. The van der Waals surface area contributed by atoms with Crippen molar-refractivity contribution in [1.82, 2.24) is 14.5 Å². The molecule has 2 aromatic heterocycles. The van der Waals surface area contributed by atoms with Gasteiger partial charge in [-0.25, -0.2) is 9.37 Å². The van der Waals surface area contributed by atoms with Gasteiger partial charge in [0.05, 0.1) is 23.3 Å². The number of hydrogen-bond acceptors (Lipinski definition) is 5. The van der Waals surface area contributed by atoms with Gasteiger partial charge in [-0.2, -0.15) is 18.2 Å². The van der Waals surface area contributed by atoms with E-state index in [4.69, 9.17) is 4.74 Å². The summed E-state index contributed by atoms with van der Waals surface area (Å²) in [7, 11) is 1.80. The van der Waals surface area contributed by atoms with Crippen molar-refractivity contribution in [3.05, 3.63) is 72.4 Å². The van der Waals surface area contributed by atoms with Gasteiger partial charge in [0.2, 0.25) is 11.8 Å². The van der Waals surface area contributed by atoms with E-state index in [-0.39, 0.29) is 29.5 Å². The number of fused-ring (bicyclic) bond motifs is 1. The Morgan fingerprint density at radius 1 is 1.12 bits per heavy atom. The molecule has 2 aromatic carbocycles. The van der Waals surface area contributed by atoms with Crippen LogP contribution in [-0.4, -0.2) is 27.0 Å². The molecule has 170 valence electrons. The van der Waals surface area contributed by atoms with Crippen LogP contribution in [0.2, 0.25) is 0 Å². The highest BCUT2D eigenvalue weighted by atomic mass is 19.4. The third kappa shape index (κ3) is 5.03. The van der Waals surface area contributed by atoms with Crippen LogP contribution in [0.4, 0.5) is 28.9 Å². The monoisotopic (exact) mass is 459 g/mol. The first kappa shape index (κ1) is 22.1. The Morgan fingerprint density at radius 2 is 1.94 bits per heavy atom. The van der Waals surface area contributed by atoms with E-state index >= 15 is 0 Å². The number of benzene rings is 2. The Labute approximate surface area is 185 Å². The second-order valence-corrected chi connectivity index (χ2v) is 7.06. The number of anilines is 2. The summed E-state index contributed by atoms with van der Waals surface area (Å²) in [6, 6.07) is 10.0. The van der Waals surface area contributed by atoms with Gasteiger partial charge in [0, 0.05) is 25.0 Å². The van der Waals surface area contributed by atoms with Crippen molar-refractivity contribution in [2.24, 2.45) is 7.05 Å². The van der Waals surface area contributed by atoms with Crippen LogP contribution in [-0.2, 0) is 18.0 Å². The van der Waals surface area contributed by atoms with E-state index in [0.29, 0.717) is 11.0 Å². The summed E-state index contributed by atoms with van der Waals surface area (Å²) in [4.78, 5) is 20.3. The molecule has 0 radical (unpaired) electrons. The molecule has 0 aliphatic carbocycles. The Morgan fingerprint density at radius 3 is 2.70 bits per heavy atom. The molecule has 11 heteroatoms. The van der Waals surface area contributed by atoms with E-state index in [0.717, 1.165) is 18.2 Å². The van der Waals surface area contributed by atoms with Gasteiger partial charge in [0.25, 0.3) is 0 Å². The average molecular weight is 459 g/mol. The molecule has 0 atom stereocenters. The number of aryl methyl sites for hydroxylation is 1. The molecule has 0 aliphatic rings. The maximum absolute atomic E-state index is 14.5. The number of carbonyl (C=O) groups excluding carboxylic acids is 1. The smallest absolute Gasteiger partial charge is 0.416 e. The second-order valence-electron chi connectivity index (χ2n) is 7.06. The fraction of sp³-hybridized carbons (Fsp3) is 0.136. The van der Waals surface area contributed by atoms with Crippen molar-refractivity contribution < 1.29 is 27.1 Å². The minimum absolute atomic E-state index is 0.0160. The first-order chi connectivity index (χ1) is 15.7. The van der Waals surface area contributed by atoms with Crippen molar-refractivity contribution in [2.45, 2.75) is 6.18 Å². The maximum Gasteiger partial charge on any atom is 0.416 e. The number of carbonyl (C=O) groups is 1. The molecular weight excluding hydrogens is 442 g/mol. The summed E-state index contributed by atoms with van der Waals surface area (Å²) in [5.74, 6) is -0.876. The third-order valence-electron chi connectivity index (χ3n) is 4.69. The predicted molar refractivity (Wildman–Crippen MR) is 114 cm³/mol. The highest BCUT2D eigenvalue weighted by molar-refractivity contribution is 5.93. The number of halogens is 4. The Bertz CT molecular complexity index is 1320. The third-order valence-corrected chi connectivity index (χ3v) is 4.69. The van der Waals surface area contributed by atoms with E-state index in [2.05, 4.69) is 20.6 Å². The van der Waals surface area contributed by atoms with Crippen LogP contribution in [0.15, 0.2) is 61.1 Å². The van der Waals surface area contributed by atoms with Crippen molar-refractivity contribution in [3.8, 4) is 11.6 Å². The molecular formula is C22H17F4N5O2. The van der Waals surface area contributed by atoms with E-state index < -0.39 is 23.5 Å². The molecule has 2 heterocycles. The summed E-state index contributed by atoms with van der Waals surface area (Å²) in [6.45, 7) is -0.358. The van der Waals surface area contributed by atoms with Gasteiger partial charge in [-0.15, -0.1) is 0 Å². The van der Waals surface area contributed by atoms with Gasteiger partial charge >= 0.3 is 6.18 Å². The van der Waals surface area contributed by atoms with Crippen molar-refractivity contribution in [2.75, 3.05) is 17.2 Å². The lowest BCUT2D eigenvalue weighted by molar-refractivity contribution is -0.137. The molecule has 0 saturated heterocycles. The van der Waals surface area contributed by atoms with Gasteiger partial charge in [-0.05, 0) is 36.4 Å². The normalized spacial score (nSPS) is 11.4. The highest BCUT2D eigenvalue weighted by Crippen LogP contribution is 2.31. The van der Waals surface area contributed by atoms with E-state index in [1.807, 2.05) is 0 Å². The van der Waals surface area contributed by atoms with Crippen molar-refractivity contribution in [1.29, 1.82) is 0 Å². The van der Waals surface area contributed by atoms with Gasteiger partial charge in [0.15, 0.2) is 0 Å². The lowest BCUT2D eigenvalue weighted by Crippen LogP contribution is -2.22. The number of amides is 1. The molecule has 0 spiro atoms. The standard InChI is InChI=1S/C22H17F4N5O2/c1-31-8-7-18-20(31)21(29-12-28-18)33-15-5-6-17(16(23)10-15)27-11-19(32)30-14-4-2-3-13(9-14)22(24,25)26/h2-10,12,27H,11H2,1H3,(H,30,32). The first-order valence-corrected chi connectivity index (χ1v) is 9.65. The van der Waals surface area contributed by atoms with E-state index in [1.54, 1.807) is 23.9 Å². The highest BCUT2D eigenvalue weighted by Gasteiger charge is 2.30. The maximum atomic E-state index is 14.5. The summed E-state index contributed by atoms with van der Waals surface area (Å²) < 4.78 is 60.3. The zero-order valence-electron chi connectivity index (χ0n) is 17.2. The molecule has 4 aromatic rings. The first-order valence-electron chi connectivity index (χ1n) is 9.65. The lowest BCUT2D eigenvalue weighted by atomic mass is 10.2. The van der Waals surface area contributed by atoms with Gasteiger partial charge in [-0.3, -0.25) is 4.79 Å². The molecule has 0 unspecified atom stereocenters. The Hall–Kier alpha value is -4.15. The van der Waals surface area contributed by atoms with E-state index in [1.165, 1.54) is 30.6 Å². The average Bonchev–Trinajstić information content (AvgIpc) is 3.15. The summed E-state index contributed by atoms with van der Waals surface area (Å²) in [5, 5.41) is 4.95. The number of rotatable bonds is 6. The second kappa shape index (κ2) is 8.77. The lowest BCUT2D eigenvalue weighted by Gasteiger charge is -2.12. The van der Waals surface area contributed by atoms with Gasteiger partial charge < -0.3 is 19.9 Å². The summed E-state index contributed by atoms with van der Waals surface area (Å²) in [5.41, 5.74) is 0.441. The molecule has 0 bridgehead atoms. The van der Waals surface area contributed by atoms with Crippen LogP contribution in [0.5, 0.6) is 11.6 Å². The Kier molecular flexibility index (Phi) is 5.86. The number of alkyl halides is 3. The molecule has 33 heavy (non-hydrogen) atoms. The summed E-state index contributed by atoms with van der Waals surface area (Å²) in [6.07, 6.45) is -1.39. The number of aromatic nitrogens is 3. The Balaban J connectivity index is 1.40. The topological polar surface area (TPSA) is 81.1 Å². The SMILES string of the molecule is Cn1ccc2ncnc(Oc3ccc(NCC(=O)Nc4cccc(C(F)(F)F)c4)c(F)c3)c21. The van der Waals surface area contributed by atoms with Crippen LogP contribution < -0.4 is 15.4 Å². The molecule has 4 rings (SSSR count). The largest absolute Gasteiger partial charge is 0.437 e. The molecule has 1 amide bonds. The fourth-order valence-corrected chi connectivity index (χ4v) is 3.13. The molecule has 0 saturated carbocycles. The minimum atomic E-state index is -4.52. The van der Waals surface area contributed by atoms with Crippen LogP contribution in [0, 0.1) is 5.82 Å². The minimum Gasteiger partial charge on any atom is -0.437 e. The van der Waals surface area contributed by atoms with Crippen LogP contribution in [0.3, 0.4) is 0 Å². The molecule has 0 fully saturated rings. The fourth-order valence-electron chi connectivity index (χ4n) is 3.13. The number of ether oxygens (including phenoxy) is 1. The molecule has 7 nitrogen and oxygen atoms in total. The van der Waals surface area contributed by atoms with Gasteiger partial charge in [0.1, 0.15) is 23.4 Å². The summed E-state index contributed by atoms with van der Waals surface area (Å²) >= 11 is 0. The van der Waals surface area contributed by atoms with Gasteiger partial charge in [-0.1, -0.05) is 6.07 Å². The zero-order valence-corrected chi connectivity index (χ0v) is 17.2. The van der Waals surface area contributed by atoms with Crippen molar-refractivity contribution >= 4 is 28.3 Å². The quantitative estimate of drug-likeness (QED) is 0.398. The zero-order chi connectivity index (χ0) is 23.6. The van der Waals surface area contributed by atoms with Crippen LogP contribution in [0.1, 0.15) is 5.56 Å².